The lowest BCUT2D eigenvalue weighted by Gasteiger charge is -2.24. The Morgan fingerprint density at radius 1 is 1.14 bits per heavy atom. The van der Waals surface area contributed by atoms with Gasteiger partial charge in [-0.05, 0) is 38.1 Å². The summed E-state index contributed by atoms with van der Waals surface area (Å²) in [5, 5.41) is 2.93. The number of benzene rings is 1. The van der Waals surface area contributed by atoms with Crippen molar-refractivity contribution in [2.75, 3.05) is 25.0 Å². The second-order valence-electron chi connectivity index (χ2n) is 5.50. The monoisotopic (exact) mass is 305 g/mol. The number of amides is 1. The van der Waals surface area contributed by atoms with Crippen molar-refractivity contribution in [1.29, 1.82) is 0 Å². The highest BCUT2D eigenvalue weighted by molar-refractivity contribution is 7.80. The van der Waals surface area contributed by atoms with Gasteiger partial charge in [0.25, 0.3) is 0 Å². The third-order valence-corrected chi connectivity index (χ3v) is 4.00. The van der Waals surface area contributed by atoms with Crippen LogP contribution in [-0.2, 0) is 4.79 Å². The maximum atomic E-state index is 12.2. The van der Waals surface area contributed by atoms with Crippen molar-refractivity contribution < 1.29 is 4.79 Å². The minimum Gasteiger partial charge on any atom is -0.389 e. The highest BCUT2D eigenvalue weighted by Crippen LogP contribution is 2.15. The number of carbonyl (C=O) groups is 1. The maximum absolute atomic E-state index is 12.2. The average molecular weight is 305 g/mol. The summed E-state index contributed by atoms with van der Waals surface area (Å²) in [5.41, 5.74) is 7.09. The number of nitrogens with one attached hydrogen (secondary N) is 1. The van der Waals surface area contributed by atoms with Crippen LogP contribution in [0.4, 0.5) is 5.69 Å². The second kappa shape index (κ2) is 8.10. The molecule has 0 atom stereocenters. The summed E-state index contributed by atoms with van der Waals surface area (Å²) in [6.07, 6.45) is 6.21. The molecule has 0 aromatic heterocycles. The van der Waals surface area contributed by atoms with E-state index in [1.165, 1.54) is 32.1 Å². The van der Waals surface area contributed by atoms with Crippen LogP contribution in [-0.4, -0.2) is 35.4 Å². The highest BCUT2D eigenvalue weighted by Gasteiger charge is 2.14. The van der Waals surface area contributed by atoms with Crippen molar-refractivity contribution in [1.82, 2.24) is 4.90 Å². The van der Waals surface area contributed by atoms with Gasteiger partial charge in [-0.15, -0.1) is 0 Å². The molecule has 21 heavy (non-hydrogen) atoms. The van der Waals surface area contributed by atoms with Crippen molar-refractivity contribution in [3.05, 3.63) is 29.8 Å². The molecule has 0 saturated carbocycles. The quantitative estimate of drug-likeness (QED) is 0.839. The van der Waals surface area contributed by atoms with Crippen LogP contribution in [0, 0.1) is 0 Å². The molecule has 1 heterocycles. The summed E-state index contributed by atoms with van der Waals surface area (Å²) in [7, 11) is 0. The molecule has 5 heteroatoms. The van der Waals surface area contributed by atoms with E-state index in [9.17, 15) is 4.79 Å². The summed E-state index contributed by atoms with van der Waals surface area (Å²) in [4.78, 5) is 14.8. The standard InChI is InChI=1S/C16H23N3OS/c17-16(21)13-8-4-5-9-14(13)18-15(20)12-19-10-6-2-1-3-7-11-19/h4-5,8-9H,1-3,6-7,10-12H2,(H2,17,21)(H,18,20). The summed E-state index contributed by atoms with van der Waals surface area (Å²) < 4.78 is 0. The van der Waals surface area contributed by atoms with Gasteiger partial charge in [0, 0.05) is 5.56 Å². The molecule has 3 N–H and O–H groups in total. The minimum atomic E-state index is -0.000673. The lowest BCUT2D eigenvalue weighted by molar-refractivity contribution is -0.117. The molecule has 0 unspecified atom stereocenters. The van der Waals surface area contributed by atoms with Gasteiger partial charge in [-0.3, -0.25) is 9.69 Å². The number of hydrogen-bond donors (Lipinski definition) is 2. The van der Waals surface area contributed by atoms with E-state index in [1.54, 1.807) is 0 Å². The molecule has 1 aliphatic heterocycles. The zero-order chi connectivity index (χ0) is 15.1. The Morgan fingerprint density at radius 3 is 2.43 bits per heavy atom. The van der Waals surface area contributed by atoms with Crippen molar-refractivity contribution in [2.24, 2.45) is 5.73 Å². The Labute approximate surface area is 131 Å². The fourth-order valence-electron chi connectivity index (χ4n) is 2.67. The summed E-state index contributed by atoms with van der Waals surface area (Å²) in [6.45, 7) is 2.44. The van der Waals surface area contributed by atoms with Crippen LogP contribution in [0.2, 0.25) is 0 Å². The molecule has 0 radical (unpaired) electrons. The number of para-hydroxylation sites is 1. The van der Waals surface area contributed by atoms with Gasteiger partial charge < -0.3 is 11.1 Å². The van der Waals surface area contributed by atoms with Gasteiger partial charge in [0.15, 0.2) is 0 Å². The first kappa shape index (κ1) is 15.9. The third kappa shape index (κ3) is 5.10. The topological polar surface area (TPSA) is 58.4 Å². The number of nitrogens with zero attached hydrogens (tertiary/aromatic N) is 1. The van der Waals surface area contributed by atoms with Gasteiger partial charge in [-0.25, -0.2) is 0 Å². The molecule has 0 aliphatic carbocycles. The van der Waals surface area contributed by atoms with E-state index in [4.69, 9.17) is 18.0 Å². The molecule has 1 aromatic carbocycles. The van der Waals surface area contributed by atoms with Crippen LogP contribution in [0.3, 0.4) is 0 Å². The van der Waals surface area contributed by atoms with Crippen LogP contribution in [0.15, 0.2) is 24.3 Å². The number of hydrogen-bond acceptors (Lipinski definition) is 3. The van der Waals surface area contributed by atoms with Crippen LogP contribution in [0.1, 0.15) is 37.7 Å². The second-order valence-corrected chi connectivity index (χ2v) is 5.94. The zero-order valence-electron chi connectivity index (χ0n) is 12.3. The van der Waals surface area contributed by atoms with Crippen molar-refractivity contribution in [3.63, 3.8) is 0 Å². The predicted octanol–water partition coefficient (Wildman–Crippen LogP) is 2.53. The largest absolute Gasteiger partial charge is 0.389 e. The molecule has 114 valence electrons. The normalized spacial score (nSPS) is 16.8. The lowest BCUT2D eigenvalue weighted by Crippen LogP contribution is -2.35. The number of anilines is 1. The Kier molecular flexibility index (Phi) is 6.14. The number of rotatable bonds is 4. The van der Waals surface area contributed by atoms with Crippen molar-refractivity contribution in [3.8, 4) is 0 Å². The molecule has 4 nitrogen and oxygen atoms in total. The maximum Gasteiger partial charge on any atom is 0.238 e. The number of nitrogens with two attached hydrogens (primary N) is 1. The molecule has 1 aromatic rings. The molecular weight excluding hydrogens is 282 g/mol. The third-order valence-electron chi connectivity index (χ3n) is 3.78. The molecular formula is C16H23N3OS. The molecule has 1 fully saturated rings. The fourth-order valence-corrected chi connectivity index (χ4v) is 2.85. The van der Waals surface area contributed by atoms with Crippen LogP contribution >= 0.6 is 12.2 Å². The van der Waals surface area contributed by atoms with E-state index >= 15 is 0 Å². The molecule has 1 aliphatic rings. The van der Waals surface area contributed by atoms with E-state index in [0.29, 0.717) is 22.8 Å². The minimum absolute atomic E-state index is 0.000673. The van der Waals surface area contributed by atoms with Gasteiger partial charge in [-0.2, -0.15) is 0 Å². The van der Waals surface area contributed by atoms with Gasteiger partial charge >= 0.3 is 0 Å². The Balaban J connectivity index is 1.93. The van der Waals surface area contributed by atoms with Crippen LogP contribution < -0.4 is 11.1 Å². The Hall–Kier alpha value is -1.46. The van der Waals surface area contributed by atoms with Crippen molar-refractivity contribution in [2.45, 2.75) is 32.1 Å². The zero-order valence-corrected chi connectivity index (χ0v) is 13.1. The van der Waals surface area contributed by atoms with Gasteiger partial charge in [0.2, 0.25) is 5.91 Å². The fraction of sp³-hybridized carbons (Fsp3) is 0.500. The van der Waals surface area contributed by atoms with Gasteiger partial charge in [0.05, 0.1) is 12.2 Å². The van der Waals surface area contributed by atoms with Gasteiger partial charge in [-0.1, -0.05) is 43.6 Å². The Bertz CT molecular complexity index is 496. The highest BCUT2D eigenvalue weighted by atomic mass is 32.1. The first-order chi connectivity index (χ1) is 10.2. The summed E-state index contributed by atoms with van der Waals surface area (Å²) in [5.74, 6) is -0.000673. The predicted molar refractivity (Wildman–Crippen MR) is 90.5 cm³/mol. The van der Waals surface area contributed by atoms with E-state index in [2.05, 4.69) is 10.2 Å². The van der Waals surface area contributed by atoms with Crippen LogP contribution in [0.5, 0.6) is 0 Å². The lowest BCUT2D eigenvalue weighted by atomic mass is 10.1. The smallest absolute Gasteiger partial charge is 0.238 e. The first-order valence-electron chi connectivity index (χ1n) is 7.58. The SMILES string of the molecule is NC(=S)c1ccccc1NC(=O)CN1CCCCCCC1. The molecule has 2 rings (SSSR count). The van der Waals surface area contributed by atoms with Crippen LogP contribution in [0.25, 0.3) is 0 Å². The average Bonchev–Trinajstić information content (AvgIpc) is 2.42. The molecule has 1 saturated heterocycles. The van der Waals surface area contributed by atoms with Gasteiger partial charge in [0.1, 0.15) is 4.99 Å². The van der Waals surface area contributed by atoms with E-state index in [0.717, 1.165) is 13.1 Å². The van der Waals surface area contributed by atoms with Crippen molar-refractivity contribution >= 4 is 28.8 Å². The molecule has 0 bridgehead atoms. The Morgan fingerprint density at radius 2 is 1.76 bits per heavy atom. The summed E-state index contributed by atoms with van der Waals surface area (Å²) in [6, 6.07) is 7.39. The molecule has 0 spiro atoms. The number of carbonyl (C=O) groups excluding carboxylic acids is 1. The first-order valence-corrected chi connectivity index (χ1v) is 7.98. The summed E-state index contributed by atoms with van der Waals surface area (Å²) >= 11 is 5.01. The molecule has 1 amide bonds. The van der Waals surface area contributed by atoms with E-state index in [1.807, 2.05) is 24.3 Å². The number of thiocarbonyl (C=S) groups is 1. The van der Waals surface area contributed by atoms with E-state index < -0.39 is 0 Å². The van der Waals surface area contributed by atoms with E-state index in [-0.39, 0.29) is 5.91 Å². The number of likely N-dealkylation sites (tertiary alicyclic amines) is 1.